The number of carbonyl (C=O) groups excluding carboxylic acids is 1. The summed E-state index contributed by atoms with van der Waals surface area (Å²) in [6.45, 7) is 3.72. The third-order valence-corrected chi connectivity index (χ3v) is 9.07. The summed E-state index contributed by atoms with van der Waals surface area (Å²) in [5.41, 5.74) is 0.757. The van der Waals surface area contributed by atoms with Crippen LogP contribution in [0.4, 0.5) is 0 Å². The molecule has 9 nitrogen and oxygen atoms in total. The second-order valence-corrected chi connectivity index (χ2v) is 12.8. The van der Waals surface area contributed by atoms with E-state index in [4.69, 9.17) is 9.47 Å². The molecule has 0 heterocycles. The number of sulfonamides is 1. The molecule has 0 aliphatic rings. The number of hydrogen-bond donors (Lipinski definition) is 3. The van der Waals surface area contributed by atoms with Gasteiger partial charge in [-0.1, -0.05) is 44.2 Å². The van der Waals surface area contributed by atoms with E-state index in [0.29, 0.717) is 0 Å². The van der Waals surface area contributed by atoms with Gasteiger partial charge in [0.1, 0.15) is 5.75 Å². The van der Waals surface area contributed by atoms with Crippen LogP contribution in [-0.4, -0.2) is 74.6 Å². The largest absolute Gasteiger partial charge is 0.507 e. The van der Waals surface area contributed by atoms with Crippen molar-refractivity contribution in [3.8, 4) is 17.2 Å². The van der Waals surface area contributed by atoms with E-state index in [-0.39, 0.29) is 53.1 Å². The van der Waals surface area contributed by atoms with Crippen LogP contribution in [0.15, 0.2) is 76.5 Å². The van der Waals surface area contributed by atoms with Crippen molar-refractivity contribution in [3.05, 3.63) is 77.9 Å². The lowest BCUT2D eigenvalue weighted by molar-refractivity contribution is 0.0773. The van der Waals surface area contributed by atoms with Crippen LogP contribution in [0.3, 0.4) is 0 Å². The number of phenolic OH excluding ortho intramolecular Hbond substituents is 1. The number of aliphatic hydroxyl groups excluding tert-OH is 1. The lowest BCUT2D eigenvalue weighted by Crippen LogP contribution is -2.51. The monoisotopic (exact) mass is 602 g/mol. The fourth-order valence-electron chi connectivity index (χ4n) is 4.36. The highest BCUT2D eigenvalue weighted by atomic mass is 32.2. The van der Waals surface area contributed by atoms with Crippen molar-refractivity contribution in [1.29, 1.82) is 0 Å². The second kappa shape index (κ2) is 14.6. The number of methoxy groups -OCH3 is 2. The van der Waals surface area contributed by atoms with E-state index < -0.39 is 28.1 Å². The molecule has 0 fully saturated rings. The summed E-state index contributed by atoms with van der Waals surface area (Å²) < 4.78 is 39.0. The number of carbonyl (C=O) groups is 1. The third-order valence-electron chi connectivity index (χ3n) is 6.48. The molecule has 3 N–H and O–H groups in total. The highest BCUT2D eigenvalue weighted by Crippen LogP contribution is 2.34. The van der Waals surface area contributed by atoms with Gasteiger partial charge in [-0.05, 0) is 48.4 Å². The molecule has 0 spiro atoms. The molecule has 0 aliphatic carbocycles. The number of ether oxygens (including phenoxy) is 2. The van der Waals surface area contributed by atoms with E-state index in [9.17, 15) is 23.4 Å². The first kappa shape index (κ1) is 32.3. The van der Waals surface area contributed by atoms with Gasteiger partial charge >= 0.3 is 0 Å². The van der Waals surface area contributed by atoms with Crippen LogP contribution in [0.1, 0.15) is 29.8 Å². The van der Waals surface area contributed by atoms with E-state index >= 15 is 0 Å². The smallest absolute Gasteiger partial charge is 0.255 e. The Labute approximate surface area is 246 Å². The van der Waals surface area contributed by atoms with Crippen molar-refractivity contribution >= 4 is 27.7 Å². The molecule has 0 saturated carbocycles. The van der Waals surface area contributed by atoms with Crippen LogP contribution in [0.25, 0.3) is 0 Å². The van der Waals surface area contributed by atoms with Gasteiger partial charge in [-0.3, -0.25) is 4.79 Å². The summed E-state index contributed by atoms with van der Waals surface area (Å²) in [5.74, 6) is -0.506. The van der Waals surface area contributed by atoms with Crippen LogP contribution in [0.5, 0.6) is 17.2 Å². The van der Waals surface area contributed by atoms with Gasteiger partial charge in [0, 0.05) is 30.1 Å². The number of rotatable bonds is 14. The molecule has 0 bridgehead atoms. The number of thioether (sulfide) groups is 1. The Morgan fingerprint density at radius 1 is 0.976 bits per heavy atom. The van der Waals surface area contributed by atoms with Crippen molar-refractivity contribution in [2.45, 2.75) is 42.2 Å². The molecule has 41 heavy (non-hydrogen) atoms. The number of benzene rings is 3. The molecule has 0 aromatic heterocycles. The zero-order chi connectivity index (χ0) is 30.2. The molecule has 11 heteroatoms. The third kappa shape index (κ3) is 8.38. The van der Waals surface area contributed by atoms with Crippen LogP contribution >= 0.6 is 11.8 Å². The molecule has 222 valence electrons. The minimum atomic E-state index is -3.95. The molecular weight excluding hydrogens is 564 g/mol. The maximum absolute atomic E-state index is 13.7. The Bertz CT molecular complexity index is 1400. The van der Waals surface area contributed by atoms with Crippen molar-refractivity contribution in [2.24, 2.45) is 5.92 Å². The normalized spacial score (nSPS) is 13.2. The Morgan fingerprint density at radius 2 is 1.59 bits per heavy atom. The molecule has 0 unspecified atom stereocenters. The molecule has 0 radical (unpaired) electrons. The maximum Gasteiger partial charge on any atom is 0.255 e. The summed E-state index contributed by atoms with van der Waals surface area (Å²) >= 11 is 1.51. The van der Waals surface area contributed by atoms with Gasteiger partial charge in [-0.2, -0.15) is 4.31 Å². The second-order valence-electron chi connectivity index (χ2n) is 9.95. The number of aliphatic hydroxyl groups is 1. The molecule has 3 aromatic carbocycles. The van der Waals surface area contributed by atoms with E-state index in [0.717, 1.165) is 10.5 Å². The topological polar surface area (TPSA) is 125 Å². The zero-order valence-corrected chi connectivity index (χ0v) is 25.5. The SMILES string of the molecule is COc1cc(O)c(C(=O)N[C@@H](Cc2ccccc2)[C@H](O)CN(CC(C)C)S(=O)(=O)c2ccc(SC)cc2)cc1OC. The van der Waals surface area contributed by atoms with E-state index in [1.165, 1.54) is 42.4 Å². The van der Waals surface area contributed by atoms with E-state index in [1.54, 1.807) is 24.3 Å². The Kier molecular flexibility index (Phi) is 11.5. The highest BCUT2D eigenvalue weighted by molar-refractivity contribution is 7.98. The lowest BCUT2D eigenvalue weighted by atomic mass is 10.00. The van der Waals surface area contributed by atoms with Gasteiger partial charge in [0.2, 0.25) is 10.0 Å². The summed E-state index contributed by atoms with van der Waals surface area (Å²) in [7, 11) is -1.12. The maximum atomic E-state index is 13.7. The average molecular weight is 603 g/mol. The van der Waals surface area contributed by atoms with Gasteiger partial charge in [0.25, 0.3) is 5.91 Å². The van der Waals surface area contributed by atoms with Gasteiger partial charge in [-0.15, -0.1) is 11.8 Å². The first-order valence-corrected chi connectivity index (χ1v) is 15.8. The molecule has 2 atom stereocenters. The van der Waals surface area contributed by atoms with Crippen LogP contribution in [-0.2, 0) is 16.4 Å². The molecular formula is C30H38N2O7S2. The van der Waals surface area contributed by atoms with Crippen LogP contribution in [0.2, 0.25) is 0 Å². The van der Waals surface area contributed by atoms with Crippen molar-refractivity contribution < 1.29 is 32.9 Å². The molecule has 0 saturated heterocycles. The summed E-state index contributed by atoms with van der Waals surface area (Å²) in [5, 5.41) is 24.8. The van der Waals surface area contributed by atoms with Gasteiger partial charge in [0.05, 0.1) is 36.8 Å². The zero-order valence-electron chi connectivity index (χ0n) is 23.9. The van der Waals surface area contributed by atoms with Gasteiger partial charge in [-0.25, -0.2) is 8.42 Å². The van der Waals surface area contributed by atoms with Gasteiger partial charge in [0.15, 0.2) is 11.5 Å². The Morgan fingerprint density at radius 3 is 2.15 bits per heavy atom. The van der Waals surface area contributed by atoms with Crippen molar-refractivity contribution in [2.75, 3.05) is 33.6 Å². The summed E-state index contributed by atoms with van der Waals surface area (Å²) in [6.07, 6.45) is 0.855. The first-order valence-electron chi connectivity index (χ1n) is 13.1. The fourth-order valence-corrected chi connectivity index (χ4v) is 6.39. The molecule has 1 amide bonds. The standard InChI is InChI=1S/C30H38N2O7S2/c1-20(2)18-32(41(36,37)23-13-11-22(40-5)12-14-23)19-27(34)25(15-21-9-7-6-8-10-21)31-30(35)24-16-28(38-3)29(39-4)17-26(24)33/h6-14,16-17,20,25,27,33-34H,15,18-19H2,1-5H3,(H,31,35)/t25-,27+/m0/s1. The highest BCUT2D eigenvalue weighted by Gasteiger charge is 2.32. The van der Waals surface area contributed by atoms with E-state index in [2.05, 4.69) is 5.32 Å². The van der Waals surface area contributed by atoms with Crippen molar-refractivity contribution in [3.63, 3.8) is 0 Å². The molecule has 0 aliphatic heterocycles. The van der Waals surface area contributed by atoms with Crippen LogP contribution < -0.4 is 14.8 Å². The summed E-state index contributed by atoms with van der Waals surface area (Å²) in [6, 6.07) is 17.6. The number of amides is 1. The minimum absolute atomic E-state index is 0.0201. The number of nitrogens with zero attached hydrogens (tertiary/aromatic N) is 1. The predicted octanol–water partition coefficient (Wildman–Crippen LogP) is 4.18. The van der Waals surface area contributed by atoms with Crippen molar-refractivity contribution in [1.82, 2.24) is 9.62 Å². The first-order chi connectivity index (χ1) is 19.5. The number of nitrogens with one attached hydrogen (secondary N) is 1. The quantitative estimate of drug-likeness (QED) is 0.235. The number of phenols is 1. The molecule has 3 aromatic rings. The predicted molar refractivity (Wildman–Crippen MR) is 160 cm³/mol. The average Bonchev–Trinajstić information content (AvgIpc) is 2.96. The summed E-state index contributed by atoms with van der Waals surface area (Å²) in [4.78, 5) is 14.4. The number of hydrogen-bond acceptors (Lipinski definition) is 8. The van der Waals surface area contributed by atoms with E-state index in [1.807, 2.05) is 50.4 Å². The Balaban J connectivity index is 1.93. The molecule has 3 rings (SSSR count). The minimum Gasteiger partial charge on any atom is -0.507 e. The number of aromatic hydroxyl groups is 1. The Hall–Kier alpha value is -3.25. The van der Waals surface area contributed by atoms with Gasteiger partial charge < -0.3 is 25.0 Å². The fraction of sp³-hybridized carbons (Fsp3) is 0.367. The van der Waals surface area contributed by atoms with Crippen LogP contribution in [0, 0.1) is 5.92 Å². The lowest BCUT2D eigenvalue weighted by Gasteiger charge is -2.31.